The van der Waals surface area contributed by atoms with E-state index in [0.717, 1.165) is 51.7 Å². The van der Waals surface area contributed by atoms with Gasteiger partial charge in [-0.15, -0.1) is 36.2 Å². The summed E-state index contributed by atoms with van der Waals surface area (Å²) in [5.74, 6) is 1.38. The van der Waals surface area contributed by atoms with Crippen LogP contribution >= 0.6 is 59.7 Å². The zero-order chi connectivity index (χ0) is 21.6. The Morgan fingerprint density at radius 1 is 0.912 bits per heavy atom. The molecule has 1 fully saturated rings. The van der Waals surface area contributed by atoms with Gasteiger partial charge in [-0.2, -0.15) is 0 Å². The molecule has 0 atom stereocenters. The maximum Gasteiger partial charge on any atom is 0.188 e. The standard InChI is InChI=1S/C24H23N5S3.2ClH/c1-2-6-18(7-3-1)31-21-14-19(32-22-8-4-5-11-26-22)15-27-23(21)29-24-28-20(16-30-24)17-9-12-25-13-10-17;;/h1-8,11,14-17,25H,9-10,12-13H2,(H,27,28,29);2*1H. The van der Waals surface area contributed by atoms with E-state index in [9.17, 15) is 0 Å². The SMILES string of the molecule is Cl.Cl.c1ccc(Sc2cc(Sc3ccccn3)cnc2Nc2nc(C3CCNCC3)cs2)cc1. The average Bonchev–Trinajstić information content (AvgIpc) is 3.31. The molecule has 0 saturated carbocycles. The summed E-state index contributed by atoms with van der Waals surface area (Å²) in [6.07, 6.45) is 6.01. The van der Waals surface area contributed by atoms with Crippen molar-refractivity contribution in [2.24, 2.45) is 0 Å². The van der Waals surface area contributed by atoms with Crippen molar-refractivity contribution in [2.75, 3.05) is 18.4 Å². The highest BCUT2D eigenvalue weighted by atomic mass is 35.5. The molecule has 1 aliphatic heterocycles. The van der Waals surface area contributed by atoms with E-state index in [1.807, 2.05) is 36.7 Å². The van der Waals surface area contributed by atoms with E-state index in [4.69, 9.17) is 9.97 Å². The van der Waals surface area contributed by atoms with Crippen molar-refractivity contribution in [3.05, 3.63) is 78.1 Å². The van der Waals surface area contributed by atoms with Crippen molar-refractivity contribution in [3.8, 4) is 0 Å². The summed E-state index contributed by atoms with van der Waals surface area (Å²) in [5.41, 5.74) is 1.19. The smallest absolute Gasteiger partial charge is 0.188 e. The molecule has 0 spiro atoms. The fourth-order valence-corrected chi connectivity index (χ4v) is 6.13. The first-order chi connectivity index (χ1) is 15.8. The minimum atomic E-state index is 0. The van der Waals surface area contributed by atoms with Gasteiger partial charge in [-0.3, -0.25) is 0 Å². The van der Waals surface area contributed by atoms with E-state index in [1.54, 1.807) is 34.9 Å². The number of benzene rings is 1. The van der Waals surface area contributed by atoms with Crippen LogP contribution in [0.5, 0.6) is 0 Å². The third-order valence-corrected chi connectivity index (χ3v) is 7.89. The van der Waals surface area contributed by atoms with Crippen LogP contribution in [0.2, 0.25) is 0 Å². The summed E-state index contributed by atoms with van der Waals surface area (Å²) in [6, 6.07) is 18.5. The monoisotopic (exact) mass is 549 g/mol. The maximum atomic E-state index is 4.88. The van der Waals surface area contributed by atoms with Gasteiger partial charge in [0.2, 0.25) is 0 Å². The van der Waals surface area contributed by atoms with Crippen molar-refractivity contribution in [3.63, 3.8) is 0 Å². The summed E-state index contributed by atoms with van der Waals surface area (Å²) in [7, 11) is 0. The molecule has 2 N–H and O–H groups in total. The highest BCUT2D eigenvalue weighted by Crippen LogP contribution is 2.38. The number of aromatic nitrogens is 3. The van der Waals surface area contributed by atoms with Gasteiger partial charge in [0.25, 0.3) is 0 Å². The Labute approximate surface area is 224 Å². The minimum absolute atomic E-state index is 0. The number of rotatable bonds is 7. The molecule has 0 radical (unpaired) electrons. The summed E-state index contributed by atoms with van der Waals surface area (Å²) >= 11 is 4.97. The molecule has 4 heterocycles. The zero-order valence-electron chi connectivity index (χ0n) is 18.2. The second-order valence-electron chi connectivity index (χ2n) is 7.43. The molecule has 5 nitrogen and oxygen atoms in total. The Bertz CT molecular complexity index is 1160. The maximum absolute atomic E-state index is 4.88. The number of thiazole rings is 1. The molecule has 1 aromatic carbocycles. The molecule has 0 unspecified atom stereocenters. The molecular formula is C24H25Cl2N5S3. The van der Waals surface area contributed by atoms with Crippen molar-refractivity contribution < 1.29 is 0 Å². The summed E-state index contributed by atoms with van der Waals surface area (Å²) in [4.78, 5) is 17.4. The number of hydrogen-bond donors (Lipinski definition) is 2. The van der Waals surface area contributed by atoms with Crippen LogP contribution in [-0.2, 0) is 0 Å². The van der Waals surface area contributed by atoms with E-state index in [1.165, 1.54) is 10.6 Å². The number of anilines is 2. The molecule has 0 amide bonds. The van der Waals surface area contributed by atoms with Gasteiger partial charge >= 0.3 is 0 Å². The normalized spacial score (nSPS) is 13.5. The molecular weight excluding hydrogens is 525 g/mol. The highest BCUT2D eigenvalue weighted by molar-refractivity contribution is 8.00. The van der Waals surface area contributed by atoms with Crippen LogP contribution in [0.4, 0.5) is 10.9 Å². The number of halogens is 2. The summed E-state index contributed by atoms with van der Waals surface area (Å²) < 4.78 is 0. The summed E-state index contributed by atoms with van der Waals surface area (Å²) in [6.45, 7) is 2.14. The third kappa shape index (κ3) is 7.10. The van der Waals surface area contributed by atoms with E-state index in [0.29, 0.717) is 5.92 Å². The molecule has 1 aliphatic rings. The molecule has 178 valence electrons. The number of nitrogens with one attached hydrogen (secondary N) is 2. The fourth-order valence-electron chi connectivity index (χ4n) is 3.55. The molecule has 34 heavy (non-hydrogen) atoms. The largest absolute Gasteiger partial charge is 0.317 e. The Morgan fingerprint density at radius 2 is 1.71 bits per heavy atom. The first-order valence-electron chi connectivity index (χ1n) is 10.6. The van der Waals surface area contributed by atoms with Crippen LogP contribution in [0.1, 0.15) is 24.5 Å². The molecule has 3 aromatic heterocycles. The lowest BCUT2D eigenvalue weighted by atomic mass is 9.96. The third-order valence-electron chi connectivity index (χ3n) is 5.16. The first kappa shape index (κ1) is 26.8. The number of nitrogens with zero attached hydrogens (tertiary/aromatic N) is 3. The van der Waals surface area contributed by atoms with Crippen LogP contribution in [0.25, 0.3) is 0 Å². The quantitative estimate of drug-likeness (QED) is 0.251. The molecule has 1 saturated heterocycles. The van der Waals surface area contributed by atoms with Crippen molar-refractivity contribution in [1.82, 2.24) is 20.3 Å². The van der Waals surface area contributed by atoms with Gasteiger partial charge in [-0.05, 0) is 56.3 Å². The highest BCUT2D eigenvalue weighted by Gasteiger charge is 2.19. The van der Waals surface area contributed by atoms with E-state index in [2.05, 4.69) is 51.3 Å². The fraction of sp³-hybridized carbons (Fsp3) is 0.208. The molecule has 5 rings (SSSR count). The average molecular weight is 551 g/mol. The molecule has 0 aliphatic carbocycles. The Balaban J connectivity index is 0.00000162. The molecule has 10 heteroatoms. The first-order valence-corrected chi connectivity index (χ1v) is 13.1. The van der Waals surface area contributed by atoms with Crippen LogP contribution < -0.4 is 10.6 Å². The molecule has 0 bridgehead atoms. The van der Waals surface area contributed by atoms with Gasteiger partial charge in [-0.1, -0.05) is 47.8 Å². The van der Waals surface area contributed by atoms with Gasteiger partial charge in [-0.25, -0.2) is 15.0 Å². The predicted octanol–water partition coefficient (Wildman–Crippen LogP) is 7.29. The Hall–Kier alpha value is -1.81. The Kier molecular flexibility index (Phi) is 10.5. The van der Waals surface area contributed by atoms with E-state index in [-0.39, 0.29) is 24.8 Å². The van der Waals surface area contributed by atoms with Crippen molar-refractivity contribution in [2.45, 2.75) is 38.5 Å². The lowest BCUT2D eigenvalue weighted by Gasteiger charge is -2.20. The number of hydrogen-bond acceptors (Lipinski definition) is 8. The Morgan fingerprint density at radius 3 is 2.47 bits per heavy atom. The van der Waals surface area contributed by atoms with Crippen LogP contribution in [0, 0.1) is 0 Å². The lowest BCUT2D eigenvalue weighted by Crippen LogP contribution is -2.26. The summed E-state index contributed by atoms with van der Waals surface area (Å²) in [5, 5.41) is 10.9. The lowest BCUT2D eigenvalue weighted by molar-refractivity contribution is 0.455. The second-order valence-corrected chi connectivity index (χ2v) is 10.5. The number of pyridine rings is 2. The van der Waals surface area contributed by atoms with Gasteiger partial charge < -0.3 is 10.6 Å². The van der Waals surface area contributed by atoms with Gasteiger partial charge in [0.05, 0.1) is 10.6 Å². The van der Waals surface area contributed by atoms with Crippen LogP contribution in [0.3, 0.4) is 0 Å². The minimum Gasteiger partial charge on any atom is -0.317 e. The van der Waals surface area contributed by atoms with E-state index >= 15 is 0 Å². The zero-order valence-corrected chi connectivity index (χ0v) is 22.3. The van der Waals surface area contributed by atoms with Gasteiger partial charge in [0.1, 0.15) is 10.8 Å². The second kappa shape index (κ2) is 13.3. The molecule has 4 aromatic rings. The van der Waals surface area contributed by atoms with Crippen LogP contribution in [-0.4, -0.2) is 28.0 Å². The van der Waals surface area contributed by atoms with Gasteiger partial charge in [0, 0.05) is 33.5 Å². The number of piperidine rings is 1. The topological polar surface area (TPSA) is 62.7 Å². The van der Waals surface area contributed by atoms with E-state index < -0.39 is 0 Å². The van der Waals surface area contributed by atoms with Gasteiger partial charge in [0.15, 0.2) is 5.13 Å². The van der Waals surface area contributed by atoms with Crippen molar-refractivity contribution >= 4 is 70.6 Å². The predicted molar refractivity (Wildman–Crippen MR) is 148 cm³/mol. The van der Waals surface area contributed by atoms with Crippen LogP contribution in [0.15, 0.2) is 92.1 Å². The van der Waals surface area contributed by atoms with Crippen molar-refractivity contribution in [1.29, 1.82) is 0 Å².